The van der Waals surface area contributed by atoms with Crippen LogP contribution in [0.1, 0.15) is 5.82 Å². The Bertz CT molecular complexity index is 288. The number of aliphatic carboxylic acids is 1. The van der Waals surface area contributed by atoms with Gasteiger partial charge in [-0.25, -0.2) is 0 Å². The molecule has 0 radical (unpaired) electrons. The Morgan fingerprint density at radius 1 is 1.80 bits per heavy atom. The number of rotatable bonds is 7. The lowest BCUT2D eigenvalue weighted by molar-refractivity contribution is -0.140. The van der Waals surface area contributed by atoms with Crippen molar-refractivity contribution in [1.29, 1.82) is 0 Å². The molecule has 0 saturated carbocycles. The van der Waals surface area contributed by atoms with Crippen LogP contribution in [0.5, 0.6) is 0 Å². The zero-order valence-corrected chi connectivity index (χ0v) is 8.34. The first-order valence-electron chi connectivity index (χ1n) is 4.44. The molecule has 7 nitrogen and oxygen atoms in total. The van der Waals surface area contributed by atoms with Gasteiger partial charge in [-0.2, -0.15) is 4.98 Å². The highest BCUT2D eigenvalue weighted by atomic mass is 16.5. The van der Waals surface area contributed by atoms with Crippen molar-refractivity contribution in [2.75, 3.05) is 20.3 Å². The number of aromatic nitrogens is 2. The molecule has 0 amide bonds. The molecule has 1 unspecified atom stereocenters. The van der Waals surface area contributed by atoms with Crippen molar-refractivity contribution in [3.8, 4) is 0 Å². The zero-order valence-electron chi connectivity index (χ0n) is 8.34. The van der Waals surface area contributed by atoms with Gasteiger partial charge in [0.15, 0.2) is 5.82 Å². The van der Waals surface area contributed by atoms with E-state index in [1.165, 1.54) is 13.5 Å². The Morgan fingerprint density at radius 3 is 3.13 bits per heavy atom. The molecule has 0 aliphatic carbocycles. The lowest BCUT2D eigenvalue weighted by Crippen LogP contribution is -2.41. The highest BCUT2D eigenvalue weighted by Crippen LogP contribution is 1.90. The van der Waals surface area contributed by atoms with Gasteiger partial charge in [0.25, 0.3) is 0 Å². The van der Waals surface area contributed by atoms with Crippen LogP contribution in [0.15, 0.2) is 10.9 Å². The van der Waals surface area contributed by atoms with Gasteiger partial charge in [0.2, 0.25) is 6.39 Å². The van der Waals surface area contributed by atoms with Crippen LogP contribution in [0.25, 0.3) is 0 Å². The van der Waals surface area contributed by atoms with Gasteiger partial charge < -0.3 is 19.7 Å². The van der Waals surface area contributed by atoms with Gasteiger partial charge in [0, 0.05) is 20.1 Å². The van der Waals surface area contributed by atoms with E-state index in [-0.39, 0.29) is 6.61 Å². The molecule has 7 heteroatoms. The van der Waals surface area contributed by atoms with Crippen LogP contribution >= 0.6 is 0 Å². The minimum atomic E-state index is -0.940. The predicted octanol–water partition coefficient (Wildman–Crippen LogP) is -0.699. The number of carboxylic acid groups (broad SMARTS) is 1. The molecule has 1 rings (SSSR count). The highest BCUT2D eigenvalue weighted by Gasteiger charge is 2.15. The molecule has 15 heavy (non-hydrogen) atoms. The molecule has 0 aliphatic heterocycles. The van der Waals surface area contributed by atoms with Crippen molar-refractivity contribution in [2.24, 2.45) is 0 Å². The topological polar surface area (TPSA) is 97.5 Å². The number of ether oxygens (including phenoxy) is 1. The van der Waals surface area contributed by atoms with E-state index in [2.05, 4.69) is 20.0 Å². The number of carboxylic acids is 1. The standard InChI is InChI=1S/C8H13N3O4/c1-14-4-6(8(12)13)9-3-2-7-10-5-15-11-7/h5-6,9H,2-4H2,1H3,(H,12,13). The predicted molar refractivity (Wildman–Crippen MR) is 49.3 cm³/mol. The Balaban J connectivity index is 2.25. The molecule has 2 N–H and O–H groups in total. The molecular weight excluding hydrogens is 202 g/mol. The van der Waals surface area contributed by atoms with Crippen LogP contribution in [0, 0.1) is 0 Å². The number of carbonyl (C=O) groups is 1. The first-order chi connectivity index (χ1) is 7.24. The number of nitrogens with one attached hydrogen (secondary N) is 1. The third-order valence-electron chi connectivity index (χ3n) is 1.78. The lowest BCUT2D eigenvalue weighted by atomic mass is 10.3. The molecule has 0 saturated heterocycles. The van der Waals surface area contributed by atoms with Crippen LogP contribution in [0.2, 0.25) is 0 Å². The number of hydrogen-bond donors (Lipinski definition) is 2. The summed E-state index contributed by atoms with van der Waals surface area (Å²) in [6.07, 6.45) is 1.75. The average Bonchev–Trinajstić information content (AvgIpc) is 2.69. The lowest BCUT2D eigenvalue weighted by Gasteiger charge is -2.12. The quantitative estimate of drug-likeness (QED) is 0.620. The normalized spacial score (nSPS) is 12.6. The van der Waals surface area contributed by atoms with E-state index in [1.54, 1.807) is 0 Å². The summed E-state index contributed by atoms with van der Waals surface area (Å²) in [5.41, 5.74) is 0. The van der Waals surface area contributed by atoms with E-state index in [9.17, 15) is 4.79 Å². The van der Waals surface area contributed by atoms with Crippen molar-refractivity contribution in [2.45, 2.75) is 12.5 Å². The molecule has 0 bridgehead atoms. The number of hydrogen-bond acceptors (Lipinski definition) is 6. The smallest absolute Gasteiger partial charge is 0.323 e. The summed E-state index contributed by atoms with van der Waals surface area (Å²) in [4.78, 5) is 14.5. The maximum atomic E-state index is 10.7. The Kier molecular flexibility index (Phi) is 4.72. The Morgan fingerprint density at radius 2 is 2.60 bits per heavy atom. The summed E-state index contributed by atoms with van der Waals surface area (Å²) in [7, 11) is 1.46. The van der Waals surface area contributed by atoms with Crippen molar-refractivity contribution in [1.82, 2.24) is 15.5 Å². The van der Waals surface area contributed by atoms with E-state index in [4.69, 9.17) is 9.84 Å². The molecule has 1 aromatic heterocycles. The van der Waals surface area contributed by atoms with E-state index >= 15 is 0 Å². The van der Waals surface area contributed by atoms with E-state index < -0.39 is 12.0 Å². The second-order valence-corrected chi connectivity index (χ2v) is 2.90. The first-order valence-corrected chi connectivity index (χ1v) is 4.44. The van der Waals surface area contributed by atoms with Gasteiger partial charge >= 0.3 is 5.97 Å². The van der Waals surface area contributed by atoms with Crippen LogP contribution in [0.4, 0.5) is 0 Å². The van der Waals surface area contributed by atoms with Crippen LogP contribution in [-0.2, 0) is 16.0 Å². The second-order valence-electron chi connectivity index (χ2n) is 2.90. The highest BCUT2D eigenvalue weighted by molar-refractivity contribution is 5.73. The van der Waals surface area contributed by atoms with Gasteiger partial charge in [-0.05, 0) is 0 Å². The number of nitrogens with zero attached hydrogens (tertiary/aromatic N) is 2. The molecule has 1 atom stereocenters. The van der Waals surface area contributed by atoms with Crippen molar-refractivity contribution < 1.29 is 19.2 Å². The summed E-state index contributed by atoms with van der Waals surface area (Å²) in [6, 6.07) is -0.707. The van der Waals surface area contributed by atoms with Gasteiger partial charge in [-0.1, -0.05) is 5.16 Å². The Hall–Kier alpha value is -1.47. The molecule has 0 spiro atoms. The van der Waals surface area contributed by atoms with Crippen molar-refractivity contribution >= 4 is 5.97 Å². The zero-order chi connectivity index (χ0) is 11.1. The fourth-order valence-corrected chi connectivity index (χ4v) is 1.04. The molecular formula is C8H13N3O4. The minimum absolute atomic E-state index is 0.127. The van der Waals surface area contributed by atoms with E-state index in [1.807, 2.05) is 0 Å². The molecule has 1 aromatic rings. The summed E-state index contributed by atoms with van der Waals surface area (Å²) >= 11 is 0. The van der Waals surface area contributed by atoms with E-state index in [0.717, 1.165) is 0 Å². The van der Waals surface area contributed by atoms with Crippen molar-refractivity contribution in [3.63, 3.8) is 0 Å². The summed E-state index contributed by atoms with van der Waals surface area (Å²) in [5, 5.41) is 15.2. The van der Waals surface area contributed by atoms with Crippen LogP contribution in [-0.4, -0.2) is 47.5 Å². The number of methoxy groups -OCH3 is 1. The summed E-state index contributed by atoms with van der Waals surface area (Å²) in [6.45, 7) is 0.585. The SMILES string of the molecule is COCC(NCCc1ncon1)C(=O)O. The molecule has 0 fully saturated rings. The second kappa shape index (κ2) is 6.10. The molecule has 1 heterocycles. The fraction of sp³-hybridized carbons (Fsp3) is 0.625. The summed E-state index contributed by atoms with van der Waals surface area (Å²) in [5.74, 6) is -0.394. The van der Waals surface area contributed by atoms with Gasteiger partial charge in [-0.3, -0.25) is 4.79 Å². The minimum Gasteiger partial charge on any atom is -0.480 e. The average molecular weight is 215 g/mol. The maximum absolute atomic E-state index is 10.7. The van der Waals surface area contributed by atoms with Gasteiger partial charge in [0.05, 0.1) is 6.61 Å². The van der Waals surface area contributed by atoms with Crippen LogP contribution in [0.3, 0.4) is 0 Å². The third kappa shape index (κ3) is 4.05. The molecule has 0 aromatic carbocycles. The first kappa shape index (κ1) is 11.6. The van der Waals surface area contributed by atoms with Gasteiger partial charge in [0.1, 0.15) is 6.04 Å². The van der Waals surface area contributed by atoms with Crippen molar-refractivity contribution in [3.05, 3.63) is 12.2 Å². The maximum Gasteiger partial charge on any atom is 0.323 e. The van der Waals surface area contributed by atoms with Crippen LogP contribution < -0.4 is 5.32 Å². The third-order valence-corrected chi connectivity index (χ3v) is 1.78. The molecule has 0 aliphatic rings. The summed E-state index contributed by atoms with van der Waals surface area (Å²) < 4.78 is 9.30. The van der Waals surface area contributed by atoms with Gasteiger partial charge in [-0.15, -0.1) is 0 Å². The fourth-order valence-electron chi connectivity index (χ4n) is 1.04. The monoisotopic (exact) mass is 215 g/mol. The molecule has 84 valence electrons. The van der Waals surface area contributed by atoms with E-state index in [0.29, 0.717) is 18.8 Å². The Labute approximate surface area is 86.4 Å². The largest absolute Gasteiger partial charge is 0.480 e.